The summed E-state index contributed by atoms with van der Waals surface area (Å²) >= 11 is 16.3. The van der Waals surface area contributed by atoms with Gasteiger partial charge >= 0.3 is 23.1 Å². The molecule has 0 N–H and O–H groups in total. The SMILES string of the molecule is O=C([O-])C(Br)(Br)Br.O=C([O-])C(Br)(Br)Br.[Mg+2]. The van der Waals surface area contributed by atoms with Gasteiger partial charge in [0.2, 0.25) is 0 Å². The zero-order valence-corrected chi connectivity index (χ0v) is 17.5. The van der Waals surface area contributed by atoms with Crippen LogP contribution in [-0.4, -0.2) is 39.3 Å². The summed E-state index contributed by atoms with van der Waals surface area (Å²) in [5.74, 6) is -2.51. The van der Waals surface area contributed by atoms with E-state index in [0.717, 1.165) is 0 Å². The van der Waals surface area contributed by atoms with Crippen molar-refractivity contribution in [2.24, 2.45) is 0 Å². The first-order chi connectivity index (χ1) is 5.89. The summed E-state index contributed by atoms with van der Waals surface area (Å²) < 4.78 is -2.51. The molecule has 0 aliphatic rings. The maximum atomic E-state index is 9.77. The first-order valence-electron chi connectivity index (χ1n) is 2.45. The molecule has 0 radical (unpaired) electrons. The van der Waals surface area contributed by atoms with E-state index >= 15 is 0 Å². The minimum Gasteiger partial charge on any atom is -0.547 e. The van der Waals surface area contributed by atoms with Gasteiger partial charge in [0.25, 0.3) is 0 Å². The molecular formula is C4Br6MgO4. The van der Waals surface area contributed by atoms with Gasteiger partial charge < -0.3 is 19.8 Å². The second-order valence-corrected chi connectivity index (χ2v) is 15.1. The van der Waals surface area contributed by atoms with E-state index in [2.05, 4.69) is 95.6 Å². The minimum absolute atomic E-state index is 0. The fourth-order valence-electron chi connectivity index (χ4n) is 0. The molecule has 0 aliphatic heterocycles. The number of carboxylic acids is 2. The van der Waals surface area contributed by atoms with Crippen LogP contribution in [0.15, 0.2) is 0 Å². The first-order valence-corrected chi connectivity index (χ1v) is 7.21. The predicted molar refractivity (Wildman–Crippen MR) is 74.8 cm³/mol. The molecule has 0 rings (SSSR count). The average molecular weight is 616 g/mol. The Bertz CT molecular complexity index is 196. The molecule has 0 bridgehead atoms. The van der Waals surface area contributed by atoms with Crippen molar-refractivity contribution in [2.75, 3.05) is 0 Å². The molecule has 0 atom stereocenters. The van der Waals surface area contributed by atoms with Crippen molar-refractivity contribution in [1.29, 1.82) is 0 Å². The minimum atomic E-state index is -1.26. The third-order valence-electron chi connectivity index (χ3n) is 0.463. The van der Waals surface area contributed by atoms with Gasteiger partial charge in [-0.25, -0.2) is 0 Å². The summed E-state index contributed by atoms with van der Waals surface area (Å²) in [4.78, 5) is 19.5. The number of alkyl halides is 6. The van der Waals surface area contributed by atoms with E-state index in [1.165, 1.54) is 0 Å². The van der Waals surface area contributed by atoms with Gasteiger partial charge in [0.05, 0.1) is 11.9 Å². The predicted octanol–water partition coefficient (Wildman–Crippen LogP) is 0.769. The van der Waals surface area contributed by atoms with E-state index in [1.54, 1.807) is 0 Å². The summed E-state index contributed by atoms with van der Waals surface area (Å²) in [5, 5.41) is 19.5. The van der Waals surface area contributed by atoms with Crippen molar-refractivity contribution in [3.8, 4) is 0 Å². The van der Waals surface area contributed by atoms with Gasteiger partial charge in [0.15, 0.2) is 4.29 Å². The summed E-state index contributed by atoms with van der Waals surface area (Å²) in [7, 11) is 0. The molecule has 0 spiro atoms. The molecule has 11 heteroatoms. The topological polar surface area (TPSA) is 80.3 Å². The van der Waals surface area contributed by atoms with Gasteiger partial charge in [-0.2, -0.15) is 0 Å². The van der Waals surface area contributed by atoms with Crippen molar-refractivity contribution < 1.29 is 19.8 Å². The molecule has 0 saturated carbocycles. The van der Waals surface area contributed by atoms with Crippen molar-refractivity contribution in [1.82, 2.24) is 0 Å². The van der Waals surface area contributed by atoms with Gasteiger partial charge in [-0.15, -0.1) is 0 Å². The van der Waals surface area contributed by atoms with E-state index in [9.17, 15) is 19.8 Å². The van der Waals surface area contributed by atoms with Crippen molar-refractivity contribution in [3.63, 3.8) is 0 Å². The molecule has 0 heterocycles. The molecule has 0 unspecified atom stereocenters. The van der Waals surface area contributed by atoms with Gasteiger partial charge in [-0.1, -0.05) is 95.6 Å². The Kier molecular flexibility index (Phi) is 14.4. The third kappa shape index (κ3) is 16.6. The number of rotatable bonds is 0. The van der Waals surface area contributed by atoms with Gasteiger partial charge in [-0.3, -0.25) is 0 Å². The second kappa shape index (κ2) is 9.51. The second-order valence-electron chi connectivity index (χ2n) is 1.57. The monoisotopic (exact) mass is 609 g/mol. The maximum Gasteiger partial charge on any atom is 2.00 e. The van der Waals surface area contributed by atoms with Gasteiger partial charge in [0, 0.05) is 0 Å². The third-order valence-corrected chi connectivity index (χ3v) is 2.41. The van der Waals surface area contributed by atoms with E-state index in [0.29, 0.717) is 0 Å². The maximum absolute atomic E-state index is 9.77. The van der Waals surface area contributed by atoms with E-state index in [1.807, 2.05) is 0 Å². The van der Waals surface area contributed by atoms with Crippen LogP contribution in [0.3, 0.4) is 0 Å². The molecule has 84 valence electrons. The Morgan fingerprint density at radius 3 is 0.800 bits per heavy atom. The molecule has 4 nitrogen and oxygen atoms in total. The van der Waals surface area contributed by atoms with Crippen LogP contribution in [0.25, 0.3) is 0 Å². The fourth-order valence-corrected chi connectivity index (χ4v) is 0. The smallest absolute Gasteiger partial charge is 0.547 e. The number of carbonyl (C=O) groups excluding carboxylic acids is 2. The van der Waals surface area contributed by atoms with E-state index < -0.39 is 16.2 Å². The summed E-state index contributed by atoms with van der Waals surface area (Å²) in [6.07, 6.45) is 0. The Morgan fingerprint density at radius 2 is 0.800 bits per heavy atom. The summed E-state index contributed by atoms with van der Waals surface area (Å²) in [6, 6.07) is 0. The molecule has 15 heavy (non-hydrogen) atoms. The Hall–Kier alpha value is 2.59. The van der Waals surface area contributed by atoms with Crippen LogP contribution in [0.2, 0.25) is 0 Å². The largest absolute Gasteiger partial charge is 2.00 e. The zero-order chi connectivity index (χ0) is 12.2. The summed E-state index contributed by atoms with van der Waals surface area (Å²) in [6.45, 7) is 0. The van der Waals surface area contributed by atoms with Crippen molar-refractivity contribution in [2.45, 2.75) is 4.29 Å². The van der Waals surface area contributed by atoms with Crippen LogP contribution in [0.1, 0.15) is 0 Å². The molecule has 0 saturated heterocycles. The fraction of sp³-hybridized carbons (Fsp3) is 0.500. The van der Waals surface area contributed by atoms with Gasteiger partial charge in [-0.05, 0) is 0 Å². The summed E-state index contributed by atoms with van der Waals surface area (Å²) in [5.41, 5.74) is 0. The van der Waals surface area contributed by atoms with Crippen LogP contribution >= 0.6 is 95.6 Å². The number of aliphatic carboxylic acids is 2. The normalized spacial score (nSPS) is 10.5. The molecule has 0 aromatic rings. The van der Waals surface area contributed by atoms with Crippen LogP contribution in [0, 0.1) is 0 Å². The molecular weight excluding hydrogens is 616 g/mol. The van der Waals surface area contributed by atoms with Crippen molar-refractivity contribution >= 4 is 131 Å². The van der Waals surface area contributed by atoms with Crippen molar-refractivity contribution in [3.05, 3.63) is 0 Å². The van der Waals surface area contributed by atoms with E-state index in [-0.39, 0.29) is 23.1 Å². The van der Waals surface area contributed by atoms with E-state index in [4.69, 9.17) is 0 Å². The molecule has 0 aliphatic carbocycles. The molecule has 0 aromatic heterocycles. The first kappa shape index (κ1) is 22.7. The van der Waals surface area contributed by atoms with Gasteiger partial charge in [0.1, 0.15) is 0 Å². The van der Waals surface area contributed by atoms with Crippen LogP contribution < -0.4 is 10.2 Å². The average Bonchev–Trinajstić information content (AvgIpc) is 1.83. The Labute approximate surface area is 152 Å². The zero-order valence-electron chi connectivity index (χ0n) is 6.61. The molecule has 0 fully saturated rings. The van der Waals surface area contributed by atoms with Crippen LogP contribution in [0.4, 0.5) is 0 Å². The number of halogens is 6. The number of carbonyl (C=O) groups is 2. The molecule has 0 amide bonds. The molecule has 0 aromatic carbocycles. The number of hydrogen-bond donors (Lipinski definition) is 0. The standard InChI is InChI=1S/2C2HBr3O2.Mg/c2*3-2(4,5)1(6)7;/h2*(H,6,7);/q;;+2/p-2. The Morgan fingerprint density at radius 1 is 0.733 bits per heavy atom. The van der Waals surface area contributed by atoms with Crippen LogP contribution in [0.5, 0.6) is 0 Å². The quantitative estimate of drug-likeness (QED) is 0.298. The van der Waals surface area contributed by atoms with Crippen LogP contribution in [-0.2, 0) is 9.59 Å². The number of carboxylic acid groups (broad SMARTS) is 2. The number of hydrogen-bond acceptors (Lipinski definition) is 4. The Balaban J connectivity index is -0.000000180.